The Labute approximate surface area is 216 Å². The molecule has 6 nitrogen and oxygen atoms in total. The Morgan fingerprint density at radius 2 is 1.69 bits per heavy atom. The molecule has 0 radical (unpaired) electrons. The number of benzene rings is 3. The van der Waals surface area contributed by atoms with Gasteiger partial charge in [-0.25, -0.2) is 4.79 Å². The van der Waals surface area contributed by atoms with Crippen LogP contribution in [0.3, 0.4) is 0 Å². The third-order valence-corrected chi connectivity index (χ3v) is 6.34. The molecule has 0 bridgehead atoms. The molecule has 0 saturated carbocycles. The Balaban J connectivity index is 1.37. The van der Waals surface area contributed by atoms with Gasteiger partial charge in [-0.1, -0.05) is 46.9 Å². The van der Waals surface area contributed by atoms with Crippen LogP contribution in [0.1, 0.15) is 21.6 Å². The van der Waals surface area contributed by atoms with Crippen molar-refractivity contribution in [1.82, 2.24) is 4.57 Å². The number of hydrogen-bond donors (Lipinski definition) is 1. The highest BCUT2D eigenvalue weighted by molar-refractivity contribution is 6.34. The van der Waals surface area contributed by atoms with Crippen molar-refractivity contribution in [2.24, 2.45) is 0 Å². The van der Waals surface area contributed by atoms with E-state index in [2.05, 4.69) is 0 Å². The van der Waals surface area contributed by atoms with Gasteiger partial charge in [-0.05, 0) is 59.7 Å². The van der Waals surface area contributed by atoms with Crippen molar-refractivity contribution in [2.45, 2.75) is 13.2 Å². The number of fused-ring (bicyclic) bond motifs is 1. The fourth-order valence-electron chi connectivity index (χ4n) is 3.91. The van der Waals surface area contributed by atoms with E-state index in [1.165, 1.54) is 0 Å². The molecule has 0 aliphatic carbocycles. The van der Waals surface area contributed by atoms with Crippen molar-refractivity contribution in [2.75, 3.05) is 6.79 Å². The molecule has 35 heavy (non-hydrogen) atoms. The van der Waals surface area contributed by atoms with E-state index in [1.54, 1.807) is 47.2 Å². The van der Waals surface area contributed by atoms with Crippen molar-refractivity contribution < 1.29 is 24.1 Å². The summed E-state index contributed by atoms with van der Waals surface area (Å²) in [4.78, 5) is 11.9. The average Bonchev–Trinajstić information content (AvgIpc) is 3.47. The molecule has 1 aliphatic rings. The first-order valence-corrected chi connectivity index (χ1v) is 11.7. The zero-order valence-corrected chi connectivity index (χ0v) is 20.4. The van der Waals surface area contributed by atoms with Crippen molar-refractivity contribution in [1.29, 1.82) is 0 Å². The lowest BCUT2D eigenvalue weighted by atomic mass is 10.1. The summed E-state index contributed by atoms with van der Waals surface area (Å²) >= 11 is 18.5. The Morgan fingerprint density at radius 1 is 0.943 bits per heavy atom. The molecule has 0 atom stereocenters. The molecule has 0 unspecified atom stereocenters. The number of carboxylic acid groups (broad SMARTS) is 1. The molecule has 3 aromatic carbocycles. The number of nitrogens with zero attached hydrogens (tertiary/aromatic N) is 1. The van der Waals surface area contributed by atoms with Crippen LogP contribution in [0.4, 0.5) is 0 Å². The third-order valence-electron chi connectivity index (χ3n) is 5.54. The largest absolute Gasteiger partial charge is 0.489 e. The molecule has 1 N–H and O–H groups in total. The lowest BCUT2D eigenvalue weighted by Gasteiger charge is -2.11. The average molecular weight is 531 g/mol. The second kappa shape index (κ2) is 9.74. The van der Waals surface area contributed by atoms with Crippen LogP contribution in [0.25, 0.3) is 11.1 Å². The smallest absolute Gasteiger partial charge is 0.352 e. The minimum atomic E-state index is -1.04. The van der Waals surface area contributed by atoms with Crippen LogP contribution in [0.5, 0.6) is 17.2 Å². The van der Waals surface area contributed by atoms with Crippen LogP contribution in [-0.4, -0.2) is 22.4 Å². The number of aromatic carboxylic acids is 1. The number of halogens is 3. The number of carbonyl (C=O) groups is 1. The van der Waals surface area contributed by atoms with Crippen LogP contribution in [-0.2, 0) is 13.2 Å². The Hall–Kier alpha value is -3.32. The molecule has 0 amide bonds. The third kappa shape index (κ3) is 5.05. The predicted octanol–water partition coefficient (Wildman–Crippen LogP) is 7.17. The molecule has 5 rings (SSSR count). The number of rotatable bonds is 7. The maximum absolute atomic E-state index is 11.9. The monoisotopic (exact) mass is 529 g/mol. The van der Waals surface area contributed by atoms with Gasteiger partial charge in [0.2, 0.25) is 6.79 Å². The van der Waals surface area contributed by atoms with Crippen LogP contribution < -0.4 is 14.2 Å². The Morgan fingerprint density at radius 3 is 2.40 bits per heavy atom. The van der Waals surface area contributed by atoms with Crippen molar-refractivity contribution >= 4 is 40.8 Å². The van der Waals surface area contributed by atoms with E-state index >= 15 is 0 Å². The van der Waals surface area contributed by atoms with E-state index in [9.17, 15) is 9.90 Å². The summed E-state index contributed by atoms with van der Waals surface area (Å²) < 4.78 is 18.5. The van der Waals surface area contributed by atoms with Gasteiger partial charge in [0.25, 0.3) is 0 Å². The maximum atomic E-state index is 11.9. The first-order valence-electron chi connectivity index (χ1n) is 10.6. The van der Waals surface area contributed by atoms with Gasteiger partial charge in [0.05, 0.1) is 6.54 Å². The van der Waals surface area contributed by atoms with E-state index in [1.807, 2.05) is 24.3 Å². The second-order valence-corrected chi connectivity index (χ2v) is 9.18. The molecule has 0 spiro atoms. The molecule has 0 saturated heterocycles. The molecule has 1 aromatic heterocycles. The highest BCUT2D eigenvalue weighted by Crippen LogP contribution is 2.40. The van der Waals surface area contributed by atoms with Gasteiger partial charge in [-0.3, -0.25) is 0 Å². The number of ether oxygens (including phenoxy) is 3. The zero-order chi connectivity index (χ0) is 24.5. The number of carboxylic acids is 1. The Kier molecular flexibility index (Phi) is 6.52. The molecular formula is C26H18Cl3NO5. The first kappa shape index (κ1) is 23.4. The quantitative estimate of drug-likeness (QED) is 0.274. The van der Waals surface area contributed by atoms with Gasteiger partial charge in [-0.2, -0.15) is 0 Å². The normalized spacial score (nSPS) is 12.1. The first-order chi connectivity index (χ1) is 16.9. The SMILES string of the molecule is O=C(O)c1cc(-c2ccc(OCc3cc(Cl)cc(Cl)c3)cc2)cn1Cc1c(Cl)ccc2c1OCO2. The van der Waals surface area contributed by atoms with Crippen molar-refractivity contribution in [3.05, 3.63) is 98.7 Å². The number of aromatic nitrogens is 1. The van der Waals surface area contributed by atoms with Crippen LogP contribution in [0.2, 0.25) is 15.1 Å². The summed E-state index contributed by atoms with van der Waals surface area (Å²) in [6, 6.07) is 17.7. The zero-order valence-electron chi connectivity index (χ0n) is 18.1. The molecule has 9 heteroatoms. The van der Waals surface area contributed by atoms with Crippen LogP contribution >= 0.6 is 34.8 Å². The van der Waals surface area contributed by atoms with Gasteiger partial charge in [0.15, 0.2) is 11.5 Å². The standard InChI is InChI=1S/C26H18Cl3NO5/c27-18-7-15(8-19(28)10-18)13-33-20-3-1-16(2-4-20)17-9-23(26(31)32)30(11-17)12-21-22(29)5-6-24-25(21)35-14-34-24/h1-11H,12-14H2,(H,31,32). The lowest BCUT2D eigenvalue weighted by Crippen LogP contribution is -2.09. The van der Waals surface area contributed by atoms with Crippen molar-refractivity contribution in [3.63, 3.8) is 0 Å². The summed E-state index contributed by atoms with van der Waals surface area (Å²) in [5.41, 5.74) is 3.24. The van der Waals surface area contributed by atoms with E-state index in [0.717, 1.165) is 16.7 Å². The van der Waals surface area contributed by atoms with E-state index < -0.39 is 5.97 Å². The minimum absolute atomic E-state index is 0.101. The molecule has 0 fully saturated rings. The molecule has 4 aromatic rings. The summed E-state index contributed by atoms with van der Waals surface area (Å²) in [5.74, 6) is 0.736. The second-order valence-electron chi connectivity index (χ2n) is 7.90. The minimum Gasteiger partial charge on any atom is -0.489 e. The van der Waals surface area contributed by atoms with E-state index in [0.29, 0.717) is 44.5 Å². The van der Waals surface area contributed by atoms with Gasteiger partial charge >= 0.3 is 5.97 Å². The summed E-state index contributed by atoms with van der Waals surface area (Å²) in [6.45, 7) is 0.633. The van der Waals surface area contributed by atoms with Gasteiger partial charge in [-0.15, -0.1) is 0 Å². The maximum Gasteiger partial charge on any atom is 0.352 e. The highest BCUT2D eigenvalue weighted by atomic mass is 35.5. The predicted molar refractivity (Wildman–Crippen MR) is 134 cm³/mol. The number of hydrogen-bond acceptors (Lipinski definition) is 4. The summed E-state index contributed by atoms with van der Waals surface area (Å²) in [7, 11) is 0. The fraction of sp³-hybridized carbons (Fsp3) is 0.115. The van der Waals surface area contributed by atoms with Gasteiger partial charge < -0.3 is 23.9 Å². The fourth-order valence-corrected chi connectivity index (χ4v) is 4.69. The molecule has 2 heterocycles. The lowest BCUT2D eigenvalue weighted by molar-refractivity contribution is 0.0685. The van der Waals surface area contributed by atoms with Gasteiger partial charge in [0, 0.05) is 32.4 Å². The molecule has 178 valence electrons. The van der Waals surface area contributed by atoms with Gasteiger partial charge in [0.1, 0.15) is 18.1 Å². The Bertz CT molecular complexity index is 1400. The summed E-state index contributed by atoms with van der Waals surface area (Å²) in [6.07, 6.45) is 1.78. The van der Waals surface area contributed by atoms with Crippen LogP contribution in [0, 0.1) is 0 Å². The van der Waals surface area contributed by atoms with E-state index in [4.69, 9.17) is 49.0 Å². The molecule has 1 aliphatic heterocycles. The van der Waals surface area contributed by atoms with E-state index in [-0.39, 0.29) is 19.0 Å². The highest BCUT2D eigenvalue weighted by Gasteiger charge is 2.22. The molecular weight excluding hydrogens is 513 g/mol. The van der Waals surface area contributed by atoms with Crippen molar-refractivity contribution in [3.8, 4) is 28.4 Å². The summed E-state index contributed by atoms with van der Waals surface area (Å²) in [5, 5.41) is 11.3. The van der Waals surface area contributed by atoms with Crippen LogP contribution in [0.15, 0.2) is 66.9 Å². The topological polar surface area (TPSA) is 69.9 Å².